The monoisotopic (exact) mass is 832 g/mol. The van der Waals surface area contributed by atoms with Crippen molar-refractivity contribution in [2.24, 2.45) is 27.6 Å². The van der Waals surface area contributed by atoms with Gasteiger partial charge in [-0.2, -0.15) is 0 Å². The predicted molar refractivity (Wildman–Crippen MR) is 220 cm³/mol. The SMILES string of the molecule is CC12C(=C3Cc4ccccc4C3=C3C=CCCC31)[C](C)([Zr+2]([C]1=CC=CC1)=[C](CCc1ccccc1)CCc1ccccc1)C(C)(C)C(C)(C)C2(C)C.[Cl-].[Cl-]. The molecule has 3 atom stereocenters. The first-order valence-electron chi connectivity index (χ1n) is 20.3. The van der Waals surface area contributed by atoms with Gasteiger partial charge in [0.15, 0.2) is 0 Å². The predicted octanol–water partition coefficient (Wildman–Crippen LogP) is 7.46. The molecule has 0 bridgehead atoms. The molecule has 8 rings (SSSR count). The minimum absolute atomic E-state index is 0. The molecule has 0 aromatic heterocycles. The molecule has 5 aliphatic carbocycles. The van der Waals surface area contributed by atoms with Crippen LogP contribution in [0.4, 0.5) is 0 Å². The quantitative estimate of drug-likeness (QED) is 0.221. The van der Waals surface area contributed by atoms with Crippen LogP contribution >= 0.6 is 0 Å². The van der Waals surface area contributed by atoms with E-state index >= 15 is 0 Å². The number of fused-ring (bicyclic) bond motifs is 6. The molecule has 0 heterocycles. The number of halogens is 2. The minimum atomic E-state index is -2.78. The van der Waals surface area contributed by atoms with E-state index in [1.165, 1.54) is 42.4 Å². The third kappa shape index (κ3) is 5.95. The van der Waals surface area contributed by atoms with Crippen LogP contribution in [0.1, 0.15) is 110 Å². The molecule has 0 amide bonds. The normalized spacial score (nSPS) is 26.3. The fourth-order valence-electron chi connectivity index (χ4n) is 12.2. The summed E-state index contributed by atoms with van der Waals surface area (Å²) in [5.41, 5.74) is 13.2. The second kappa shape index (κ2) is 15.2. The zero-order valence-electron chi connectivity index (χ0n) is 34.0. The van der Waals surface area contributed by atoms with E-state index in [-0.39, 0.29) is 49.6 Å². The van der Waals surface area contributed by atoms with Crippen molar-refractivity contribution in [1.29, 1.82) is 0 Å². The molecule has 0 spiro atoms. The summed E-state index contributed by atoms with van der Waals surface area (Å²) >= 11 is -2.78. The van der Waals surface area contributed by atoms with E-state index < -0.39 is 21.3 Å². The summed E-state index contributed by atoms with van der Waals surface area (Å²) in [6, 6.07) is 32.2. The molecule has 1 fully saturated rings. The summed E-state index contributed by atoms with van der Waals surface area (Å²) in [5, 5.41) is 0. The molecular weight excluding hydrogens is 775 g/mol. The maximum Gasteiger partial charge on any atom is -1.00 e. The molecule has 282 valence electrons. The third-order valence-electron chi connectivity index (χ3n) is 16.3. The van der Waals surface area contributed by atoms with Crippen LogP contribution in [-0.2, 0) is 40.5 Å². The molecular formula is C51H60Cl2Zr. The Morgan fingerprint density at radius 1 is 0.685 bits per heavy atom. The molecule has 3 aromatic carbocycles. The van der Waals surface area contributed by atoms with Crippen molar-refractivity contribution in [2.75, 3.05) is 0 Å². The van der Waals surface area contributed by atoms with Crippen LogP contribution in [0.3, 0.4) is 0 Å². The van der Waals surface area contributed by atoms with Crippen molar-refractivity contribution in [3.8, 4) is 0 Å². The maximum absolute atomic E-state index is 2.87. The van der Waals surface area contributed by atoms with Gasteiger partial charge in [-0.05, 0) is 0 Å². The van der Waals surface area contributed by atoms with Crippen LogP contribution in [-0.4, -0.2) is 3.21 Å². The smallest absolute Gasteiger partial charge is 1.00 e. The van der Waals surface area contributed by atoms with Gasteiger partial charge in [0.1, 0.15) is 0 Å². The summed E-state index contributed by atoms with van der Waals surface area (Å²) in [5.74, 6) is 0.527. The molecule has 0 nitrogen and oxygen atoms in total. The molecule has 3 aromatic rings. The van der Waals surface area contributed by atoms with E-state index in [0.717, 1.165) is 25.7 Å². The first-order valence-corrected chi connectivity index (χ1v) is 23.9. The summed E-state index contributed by atoms with van der Waals surface area (Å²) in [7, 11) is 0. The van der Waals surface area contributed by atoms with Gasteiger partial charge < -0.3 is 24.8 Å². The van der Waals surface area contributed by atoms with E-state index in [1.807, 2.05) is 12.1 Å². The van der Waals surface area contributed by atoms with Gasteiger partial charge in [-0.25, -0.2) is 0 Å². The molecule has 3 heteroatoms. The van der Waals surface area contributed by atoms with Gasteiger partial charge in [-0.1, -0.05) is 0 Å². The van der Waals surface area contributed by atoms with E-state index in [4.69, 9.17) is 0 Å². The Balaban J connectivity index is 0.00000249. The van der Waals surface area contributed by atoms with E-state index in [1.54, 1.807) is 22.3 Å². The molecule has 1 saturated carbocycles. The second-order valence-corrected chi connectivity index (χ2v) is 26.1. The molecule has 3 unspecified atom stereocenters. The van der Waals surface area contributed by atoms with Gasteiger partial charge >= 0.3 is 325 Å². The number of benzene rings is 3. The van der Waals surface area contributed by atoms with Crippen molar-refractivity contribution >= 4 is 8.78 Å². The van der Waals surface area contributed by atoms with Crippen molar-refractivity contribution in [3.63, 3.8) is 0 Å². The Bertz CT molecular complexity index is 2040. The van der Waals surface area contributed by atoms with E-state index in [2.05, 4.69) is 171 Å². The average molecular weight is 835 g/mol. The van der Waals surface area contributed by atoms with Crippen molar-refractivity contribution in [2.45, 2.75) is 110 Å². The van der Waals surface area contributed by atoms with Gasteiger partial charge in [0.05, 0.1) is 0 Å². The van der Waals surface area contributed by atoms with E-state index in [0.29, 0.717) is 5.92 Å². The summed E-state index contributed by atoms with van der Waals surface area (Å²) < 4.78 is 3.86. The molecule has 5 aliphatic rings. The third-order valence-corrected chi connectivity index (χ3v) is 26.4. The minimum Gasteiger partial charge on any atom is -1.00 e. The van der Waals surface area contributed by atoms with Crippen LogP contribution in [0.15, 0.2) is 135 Å². The number of aryl methyl sites for hydroxylation is 2. The van der Waals surface area contributed by atoms with Crippen LogP contribution < -0.4 is 24.8 Å². The summed E-state index contributed by atoms with van der Waals surface area (Å²) in [4.78, 5) is 0. The number of rotatable bonds is 8. The Morgan fingerprint density at radius 3 is 1.87 bits per heavy atom. The number of hydrogen-bond acceptors (Lipinski definition) is 0. The molecule has 0 radical (unpaired) electrons. The van der Waals surface area contributed by atoms with Gasteiger partial charge in [0.2, 0.25) is 0 Å². The molecule has 0 saturated heterocycles. The number of allylic oxidation sites excluding steroid dienone is 10. The molecule has 0 N–H and O–H groups in total. The van der Waals surface area contributed by atoms with Crippen LogP contribution in [0.25, 0.3) is 5.57 Å². The number of hydrogen-bond donors (Lipinski definition) is 0. The topological polar surface area (TPSA) is 0 Å². The molecule has 0 aliphatic heterocycles. The fourth-order valence-corrected chi connectivity index (χ4v) is 23.8. The van der Waals surface area contributed by atoms with Crippen LogP contribution in [0, 0.1) is 27.6 Å². The Labute approximate surface area is 347 Å². The average Bonchev–Trinajstić information content (AvgIpc) is 3.81. The zero-order chi connectivity index (χ0) is 36.5. The van der Waals surface area contributed by atoms with Crippen LogP contribution in [0.2, 0.25) is 3.12 Å². The first-order chi connectivity index (χ1) is 24.9. The van der Waals surface area contributed by atoms with Crippen molar-refractivity contribution in [1.82, 2.24) is 0 Å². The summed E-state index contributed by atoms with van der Waals surface area (Å²) in [6.45, 7) is 21.9. The molecule has 54 heavy (non-hydrogen) atoms. The largest absolute Gasteiger partial charge is 1.00 e. The van der Waals surface area contributed by atoms with Crippen molar-refractivity contribution < 1.29 is 46.1 Å². The van der Waals surface area contributed by atoms with Crippen molar-refractivity contribution in [3.05, 3.63) is 158 Å². The van der Waals surface area contributed by atoms with Gasteiger partial charge in [-0.3, -0.25) is 0 Å². The van der Waals surface area contributed by atoms with Crippen LogP contribution in [0.5, 0.6) is 0 Å². The Hall–Kier alpha value is -2.31. The van der Waals surface area contributed by atoms with Gasteiger partial charge in [0.25, 0.3) is 0 Å². The summed E-state index contributed by atoms with van der Waals surface area (Å²) in [6.07, 6.45) is 21.9. The second-order valence-electron chi connectivity index (χ2n) is 18.5. The zero-order valence-corrected chi connectivity index (χ0v) is 37.9. The van der Waals surface area contributed by atoms with Gasteiger partial charge in [-0.15, -0.1) is 0 Å². The Morgan fingerprint density at radius 2 is 1.28 bits per heavy atom. The fraction of sp³-hybridized carbons (Fsp3) is 0.431. The standard InChI is InChI=1S/C29H37.C17H18.C5H5.2ClH.Zr/c1-18-25-22-17-19-13-9-10-14-20(19)24(22)21-15-11-12-16-23(21)29(25,8)28(6,7)27(4,5)26(18,2)3;1-4-10-16(11-5-1)14-8-3-9-15-17-12-6-2-7-13-17;1-2-4-5-3-1;;;/h9-11,13-15,23H,12,16-17H2,1-8H3;1-2,4-7,10-13H,8-9,14-15H2;1-3H,4H2;2*1H;/q;;;;;+2/p-2. The van der Waals surface area contributed by atoms with E-state index in [9.17, 15) is 0 Å². The Kier molecular flexibility index (Phi) is 11.6. The first kappa shape index (κ1) is 41.3. The maximum atomic E-state index is 2.87. The van der Waals surface area contributed by atoms with Gasteiger partial charge in [0, 0.05) is 0 Å².